The summed E-state index contributed by atoms with van der Waals surface area (Å²) in [4.78, 5) is 21.3. The van der Waals surface area contributed by atoms with Crippen LogP contribution in [0.5, 0.6) is 0 Å². The van der Waals surface area contributed by atoms with Crippen LogP contribution in [0.25, 0.3) is 11.1 Å². The molecule has 1 heterocycles. The van der Waals surface area contributed by atoms with Gasteiger partial charge in [0.25, 0.3) is 5.91 Å². The normalized spacial score (nSPS) is 10.5. The third-order valence-corrected chi connectivity index (χ3v) is 4.93. The molecule has 0 unspecified atom stereocenters. The Morgan fingerprint density at radius 3 is 2.39 bits per heavy atom. The number of carbonyl (C=O) groups is 1. The van der Waals surface area contributed by atoms with E-state index in [4.69, 9.17) is 0 Å². The van der Waals surface area contributed by atoms with Gasteiger partial charge < -0.3 is 10.6 Å². The molecule has 4 aromatic rings. The molecular formula is C26H24N4O. The van der Waals surface area contributed by atoms with Gasteiger partial charge in [-0.05, 0) is 42.7 Å². The Morgan fingerprint density at radius 1 is 0.839 bits per heavy atom. The van der Waals surface area contributed by atoms with Gasteiger partial charge in [-0.15, -0.1) is 0 Å². The van der Waals surface area contributed by atoms with Gasteiger partial charge in [-0.3, -0.25) is 4.79 Å². The lowest BCUT2D eigenvalue weighted by molar-refractivity contribution is 0.0954. The Balaban J connectivity index is 1.37. The van der Waals surface area contributed by atoms with Crippen molar-refractivity contribution in [1.29, 1.82) is 0 Å². The van der Waals surface area contributed by atoms with Crippen LogP contribution in [-0.4, -0.2) is 22.4 Å². The molecule has 2 N–H and O–H groups in total. The fourth-order valence-corrected chi connectivity index (χ4v) is 3.30. The molecular weight excluding hydrogens is 384 g/mol. The predicted octanol–water partition coefficient (Wildman–Crippen LogP) is 5.17. The maximum absolute atomic E-state index is 12.5. The maximum Gasteiger partial charge on any atom is 0.251 e. The van der Waals surface area contributed by atoms with Crippen molar-refractivity contribution in [3.63, 3.8) is 0 Å². The van der Waals surface area contributed by atoms with Crippen molar-refractivity contribution in [2.24, 2.45) is 0 Å². The minimum absolute atomic E-state index is 0.102. The van der Waals surface area contributed by atoms with Gasteiger partial charge in [0, 0.05) is 35.8 Å². The number of anilines is 2. The van der Waals surface area contributed by atoms with Crippen molar-refractivity contribution < 1.29 is 4.79 Å². The summed E-state index contributed by atoms with van der Waals surface area (Å²) in [5, 5.41) is 6.14. The van der Waals surface area contributed by atoms with Crippen molar-refractivity contribution in [2.45, 2.75) is 13.3 Å². The van der Waals surface area contributed by atoms with Gasteiger partial charge in [-0.25, -0.2) is 9.97 Å². The van der Waals surface area contributed by atoms with E-state index in [1.807, 2.05) is 42.5 Å². The maximum atomic E-state index is 12.5. The highest BCUT2D eigenvalue weighted by molar-refractivity contribution is 5.95. The first-order chi connectivity index (χ1) is 15.2. The highest BCUT2D eigenvalue weighted by Gasteiger charge is 2.07. The second-order valence-corrected chi connectivity index (χ2v) is 7.36. The van der Waals surface area contributed by atoms with Crippen molar-refractivity contribution >= 4 is 17.5 Å². The van der Waals surface area contributed by atoms with Crippen LogP contribution in [0.4, 0.5) is 11.6 Å². The highest BCUT2D eigenvalue weighted by Crippen LogP contribution is 2.20. The first kappa shape index (κ1) is 20.3. The van der Waals surface area contributed by atoms with E-state index < -0.39 is 0 Å². The van der Waals surface area contributed by atoms with E-state index in [-0.39, 0.29) is 5.91 Å². The SMILES string of the molecule is Cc1cccc(-c2cnc(Nc3cccc(C(=O)NCCc4ccccc4)c3)nc2)c1. The van der Waals surface area contributed by atoms with Crippen molar-refractivity contribution in [3.05, 3.63) is 108 Å². The smallest absolute Gasteiger partial charge is 0.251 e. The molecule has 0 fully saturated rings. The molecule has 4 rings (SSSR count). The second kappa shape index (κ2) is 9.67. The number of aromatic nitrogens is 2. The van der Waals surface area contributed by atoms with Crippen LogP contribution in [0.2, 0.25) is 0 Å². The average molecular weight is 409 g/mol. The Bertz CT molecular complexity index is 1160. The molecule has 5 nitrogen and oxygen atoms in total. The topological polar surface area (TPSA) is 66.9 Å². The number of benzene rings is 3. The van der Waals surface area contributed by atoms with Crippen LogP contribution >= 0.6 is 0 Å². The van der Waals surface area contributed by atoms with Gasteiger partial charge in [0.2, 0.25) is 5.95 Å². The van der Waals surface area contributed by atoms with Crippen molar-refractivity contribution in [1.82, 2.24) is 15.3 Å². The second-order valence-electron chi connectivity index (χ2n) is 7.36. The summed E-state index contributed by atoms with van der Waals surface area (Å²) < 4.78 is 0. The molecule has 3 aromatic carbocycles. The van der Waals surface area contributed by atoms with Gasteiger partial charge in [0.05, 0.1) is 0 Å². The van der Waals surface area contributed by atoms with Gasteiger partial charge in [-0.2, -0.15) is 0 Å². The number of hydrogen-bond acceptors (Lipinski definition) is 4. The third-order valence-electron chi connectivity index (χ3n) is 4.93. The number of rotatable bonds is 7. The van der Waals surface area contributed by atoms with Crippen molar-refractivity contribution in [2.75, 3.05) is 11.9 Å². The highest BCUT2D eigenvalue weighted by atomic mass is 16.1. The van der Waals surface area contributed by atoms with E-state index in [1.54, 1.807) is 24.5 Å². The molecule has 0 aliphatic heterocycles. The molecule has 0 saturated carbocycles. The van der Waals surface area contributed by atoms with Gasteiger partial charge in [0.1, 0.15) is 0 Å². The summed E-state index contributed by atoms with van der Waals surface area (Å²) in [6.45, 7) is 2.65. The summed E-state index contributed by atoms with van der Waals surface area (Å²) in [5.74, 6) is 0.383. The molecule has 1 aromatic heterocycles. The minimum atomic E-state index is -0.102. The summed E-state index contributed by atoms with van der Waals surface area (Å²) in [5.41, 5.74) is 5.79. The van der Waals surface area contributed by atoms with Crippen LogP contribution in [0.1, 0.15) is 21.5 Å². The zero-order chi connectivity index (χ0) is 21.5. The minimum Gasteiger partial charge on any atom is -0.352 e. The zero-order valence-corrected chi connectivity index (χ0v) is 17.4. The number of nitrogens with zero attached hydrogens (tertiary/aromatic N) is 2. The van der Waals surface area contributed by atoms with E-state index in [0.717, 1.165) is 23.2 Å². The fraction of sp³-hybridized carbons (Fsp3) is 0.115. The summed E-state index contributed by atoms with van der Waals surface area (Å²) in [6.07, 6.45) is 4.39. The molecule has 0 bridgehead atoms. The van der Waals surface area contributed by atoms with Gasteiger partial charge in [0.15, 0.2) is 0 Å². The van der Waals surface area contributed by atoms with Crippen molar-refractivity contribution in [3.8, 4) is 11.1 Å². The molecule has 0 saturated heterocycles. The number of nitrogens with one attached hydrogen (secondary N) is 2. The number of amides is 1. The van der Waals surface area contributed by atoms with Gasteiger partial charge >= 0.3 is 0 Å². The number of carbonyl (C=O) groups excluding carboxylic acids is 1. The predicted molar refractivity (Wildman–Crippen MR) is 124 cm³/mol. The molecule has 1 amide bonds. The van der Waals surface area contributed by atoms with Crippen LogP contribution in [0, 0.1) is 6.92 Å². The average Bonchev–Trinajstić information content (AvgIpc) is 2.80. The monoisotopic (exact) mass is 408 g/mol. The Morgan fingerprint density at radius 2 is 1.61 bits per heavy atom. The fourth-order valence-electron chi connectivity index (χ4n) is 3.30. The molecule has 0 aliphatic rings. The first-order valence-electron chi connectivity index (χ1n) is 10.3. The lowest BCUT2D eigenvalue weighted by atomic mass is 10.1. The van der Waals surface area contributed by atoms with E-state index in [0.29, 0.717) is 18.1 Å². The number of aryl methyl sites for hydroxylation is 1. The standard InChI is InChI=1S/C26H24N4O/c1-19-7-5-10-21(15-19)23-17-28-26(29-18-23)30-24-12-6-11-22(16-24)25(31)27-14-13-20-8-3-2-4-9-20/h2-12,15-18H,13-14H2,1H3,(H,27,31)(H,28,29,30). The Kier molecular flexibility index (Phi) is 6.33. The lowest BCUT2D eigenvalue weighted by Crippen LogP contribution is -2.25. The molecule has 0 aliphatic carbocycles. The van der Waals surface area contributed by atoms with E-state index in [1.165, 1.54) is 11.1 Å². The zero-order valence-electron chi connectivity index (χ0n) is 17.4. The summed E-state index contributed by atoms with van der Waals surface area (Å²) in [6, 6.07) is 25.7. The molecule has 154 valence electrons. The molecule has 0 spiro atoms. The Labute approximate surface area is 182 Å². The quantitative estimate of drug-likeness (QED) is 0.443. The first-order valence-corrected chi connectivity index (χ1v) is 10.3. The summed E-state index contributed by atoms with van der Waals surface area (Å²) in [7, 11) is 0. The van der Waals surface area contributed by atoms with Crippen LogP contribution in [-0.2, 0) is 6.42 Å². The third kappa shape index (κ3) is 5.54. The molecule has 0 atom stereocenters. The van der Waals surface area contributed by atoms with Crippen LogP contribution < -0.4 is 10.6 Å². The molecule has 31 heavy (non-hydrogen) atoms. The lowest BCUT2D eigenvalue weighted by Gasteiger charge is -2.09. The van der Waals surface area contributed by atoms with Gasteiger partial charge in [-0.1, -0.05) is 66.2 Å². The largest absolute Gasteiger partial charge is 0.352 e. The van der Waals surface area contributed by atoms with Crippen LogP contribution in [0.15, 0.2) is 91.3 Å². The van der Waals surface area contributed by atoms with E-state index in [2.05, 4.69) is 51.8 Å². The summed E-state index contributed by atoms with van der Waals surface area (Å²) >= 11 is 0. The van der Waals surface area contributed by atoms with E-state index >= 15 is 0 Å². The molecule has 0 radical (unpaired) electrons. The number of hydrogen-bond donors (Lipinski definition) is 2. The molecule has 5 heteroatoms. The van der Waals surface area contributed by atoms with E-state index in [9.17, 15) is 4.79 Å². The Hall–Kier alpha value is -3.99. The van der Waals surface area contributed by atoms with Crippen LogP contribution in [0.3, 0.4) is 0 Å².